The number of hydrogen-bond donors (Lipinski definition) is 1. The van der Waals surface area contributed by atoms with Gasteiger partial charge in [-0.1, -0.05) is 30.3 Å². The van der Waals surface area contributed by atoms with Crippen LogP contribution in [0.5, 0.6) is 11.5 Å². The maximum absolute atomic E-state index is 13.2. The van der Waals surface area contributed by atoms with Crippen LogP contribution in [-0.2, 0) is 6.42 Å². The Morgan fingerprint density at radius 3 is 2.58 bits per heavy atom. The molecule has 36 heavy (non-hydrogen) atoms. The zero-order chi connectivity index (χ0) is 25.3. The Hall–Kier alpha value is -3.94. The molecule has 186 valence electrons. The second-order valence-electron chi connectivity index (χ2n) is 9.55. The van der Waals surface area contributed by atoms with Crippen molar-refractivity contribution in [2.45, 2.75) is 44.8 Å². The summed E-state index contributed by atoms with van der Waals surface area (Å²) >= 11 is 0. The minimum atomic E-state index is -2.89. The van der Waals surface area contributed by atoms with E-state index in [1.807, 2.05) is 48.5 Å². The minimum absolute atomic E-state index is 0.0676. The van der Waals surface area contributed by atoms with Crippen molar-refractivity contribution in [3.63, 3.8) is 0 Å². The Morgan fingerprint density at radius 2 is 1.86 bits per heavy atom. The average Bonchev–Trinajstić information content (AvgIpc) is 3.30. The van der Waals surface area contributed by atoms with E-state index in [1.54, 1.807) is 12.1 Å². The van der Waals surface area contributed by atoms with Gasteiger partial charge in [-0.15, -0.1) is 0 Å². The van der Waals surface area contributed by atoms with Crippen LogP contribution in [0.1, 0.15) is 42.9 Å². The third-order valence-electron chi connectivity index (χ3n) is 6.42. The van der Waals surface area contributed by atoms with Crippen LogP contribution < -0.4 is 14.8 Å². The maximum Gasteiger partial charge on any atom is 0.387 e. The predicted octanol–water partition coefficient (Wildman–Crippen LogP) is 6.43. The van der Waals surface area contributed by atoms with Crippen molar-refractivity contribution in [3.05, 3.63) is 89.5 Å². The fourth-order valence-corrected chi connectivity index (χ4v) is 4.57. The second kappa shape index (κ2) is 9.60. The lowest BCUT2D eigenvalue weighted by atomic mass is 9.90. The van der Waals surface area contributed by atoms with Gasteiger partial charge in [0, 0.05) is 11.6 Å². The summed E-state index contributed by atoms with van der Waals surface area (Å²) in [6.45, 7) is 1.59. The van der Waals surface area contributed by atoms with E-state index in [9.17, 15) is 13.6 Å². The monoisotopic (exact) mass is 491 g/mol. The first kappa shape index (κ1) is 23.8. The Morgan fingerprint density at radius 1 is 1.11 bits per heavy atom. The molecule has 0 spiro atoms. The molecule has 0 radical (unpaired) electrons. The molecule has 0 bridgehead atoms. The number of nitrogens with zero attached hydrogens (tertiary/aromatic N) is 2. The summed E-state index contributed by atoms with van der Waals surface area (Å²) in [4.78, 5) is 13.2. The van der Waals surface area contributed by atoms with E-state index >= 15 is 0 Å². The number of ether oxygens (including phenoxy) is 2. The smallest absolute Gasteiger partial charge is 0.387 e. The highest BCUT2D eigenvalue weighted by molar-refractivity contribution is 6.08. The number of halogens is 2. The van der Waals surface area contributed by atoms with Gasteiger partial charge in [0.1, 0.15) is 17.1 Å². The van der Waals surface area contributed by atoms with Crippen LogP contribution in [0.25, 0.3) is 0 Å². The van der Waals surface area contributed by atoms with Gasteiger partial charge in [0.2, 0.25) is 0 Å². The molecule has 2 amide bonds. The summed E-state index contributed by atoms with van der Waals surface area (Å²) in [5.74, 6) is 0.741. The van der Waals surface area contributed by atoms with Gasteiger partial charge in [-0.25, -0.2) is 9.80 Å². The summed E-state index contributed by atoms with van der Waals surface area (Å²) in [6.07, 6.45) is 1.77. The lowest BCUT2D eigenvalue weighted by molar-refractivity contribution is -0.0498. The quantitative estimate of drug-likeness (QED) is 0.448. The molecule has 2 heterocycles. The van der Waals surface area contributed by atoms with Gasteiger partial charge in [0.25, 0.3) is 0 Å². The van der Waals surface area contributed by atoms with Crippen LogP contribution in [0, 0.1) is 0 Å². The van der Waals surface area contributed by atoms with Gasteiger partial charge in [-0.2, -0.15) is 13.9 Å². The van der Waals surface area contributed by atoms with E-state index in [2.05, 4.69) is 29.0 Å². The maximum atomic E-state index is 13.2. The molecule has 1 atom stereocenters. The zero-order valence-electron chi connectivity index (χ0n) is 20.1. The molecule has 0 saturated heterocycles. The number of carbonyl (C=O) groups is 1. The number of carbonyl (C=O) groups excluding carboxylic acids is 1. The van der Waals surface area contributed by atoms with E-state index in [0.29, 0.717) is 17.9 Å². The van der Waals surface area contributed by atoms with Crippen molar-refractivity contribution in [1.82, 2.24) is 5.01 Å². The first-order chi connectivity index (χ1) is 17.3. The Labute approximate surface area is 208 Å². The molecule has 5 rings (SSSR count). The number of alkyl halides is 2. The molecule has 0 saturated carbocycles. The number of hydrazone groups is 1. The van der Waals surface area contributed by atoms with Crippen molar-refractivity contribution in [2.24, 2.45) is 5.10 Å². The van der Waals surface area contributed by atoms with Gasteiger partial charge < -0.3 is 14.8 Å². The molecule has 3 aromatic carbocycles. The molecule has 0 unspecified atom stereocenters. The first-order valence-corrected chi connectivity index (χ1v) is 11.9. The summed E-state index contributed by atoms with van der Waals surface area (Å²) in [5, 5.41) is 9.00. The van der Waals surface area contributed by atoms with E-state index in [4.69, 9.17) is 4.74 Å². The number of benzene rings is 3. The van der Waals surface area contributed by atoms with Crippen molar-refractivity contribution in [3.8, 4) is 11.5 Å². The molecule has 3 aromatic rings. The topological polar surface area (TPSA) is 63.2 Å². The van der Waals surface area contributed by atoms with Gasteiger partial charge in [-0.05, 0) is 85.8 Å². The van der Waals surface area contributed by atoms with Gasteiger partial charge in [-0.3, -0.25) is 0 Å². The lowest BCUT2D eigenvalue weighted by Crippen LogP contribution is -2.33. The number of urea groups is 1. The Balaban J connectivity index is 1.37. The normalized spacial score (nSPS) is 18.3. The van der Waals surface area contributed by atoms with Crippen LogP contribution in [0.3, 0.4) is 0 Å². The first-order valence-electron chi connectivity index (χ1n) is 11.9. The molecule has 8 heteroatoms. The van der Waals surface area contributed by atoms with Crippen LogP contribution in [0.4, 0.5) is 19.3 Å². The summed E-state index contributed by atoms with van der Waals surface area (Å²) in [5.41, 5.74) is 3.96. The van der Waals surface area contributed by atoms with E-state index in [0.717, 1.165) is 35.3 Å². The third-order valence-corrected chi connectivity index (χ3v) is 6.42. The molecule has 0 aliphatic carbocycles. The van der Waals surface area contributed by atoms with Gasteiger partial charge >= 0.3 is 12.6 Å². The highest BCUT2D eigenvalue weighted by atomic mass is 19.3. The molecule has 2 aliphatic heterocycles. The van der Waals surface area contributed by atoms with E-state index in [1.165, 1.54) is 17.1 Å². The molecule has 1 N–H and O–H groups in total. The average molecular weight is 492 g/mol. The standard InChI is InChI=1S/C28H27F2N3O3/c1-28(2)15-14-20-16-21(10-13-24(20)36-28)31-27(34)33-17-23(18-6-4-3-5-7-18)25(32-33)19-8-11-22(12-9-19)35-26(29)30/h3-13,16,23,26H,14-15,17H2,1-2H3,(H,31,34)/t23-/m0/s1. The highest BCUT2D eigenvalue weighted by Crippen LogP contribution is 2.35. The second-order valence-corrected chi connectivity index (χ2v) is 9.55. The Kier molecular flexibility index (Phi) is 6.35. The summed E-state index contributed by atoms with van der Waals surface area (Å²) < 4.78 is 35.6. The summed E-state index contributed by atoms with van der Waals surface area (Å²) in [7, 11) is 0. The van der Waals surface area contributed by atoms with E-state index < -0.39 is 6.61 Å². The third kappa shape index (κ3) is 5.17. The van der Waals surface area contributed by atoms with E-state index in [-0.39, 0.29) is 23.3 Å². The van der Waals surface area contributed by atoms with Gasteiger partial charge in [0.05, 0.1) is 12.3 Å². The molecule has 0 fully saturated rings. The number of amides is 2. The van der Waals surface area contributed by atoms with Crippen molar-refractivity contribution < 1.29 is 23.0 Å². The van der Waals surface area contributed by atoms with Crippen LogP contribution >= 0.6 is 0 Å². The lowest BCUT2D eigenvalue weighted by Gasteiger charge is -2.32. The fourth-order valence-electron chi connectivity index (χ4n) is 4.57. The molecular weight excluding hydrogens is 464 g/mol. The van der Waals surface area contributed by atoms with Gasteiger partial charge in [0.15, 0.2) is 0 Å². The van der Waals surface area contributed by atoms with Crippen LogP contribution in [-0.4, -0.2) is 35.5 Å². The summed E-state index contributed by atoms with van der Waals surface area (Å²) in [6, 6.07) is 21.4. The largest absolute Gasteiger partial charge is 0.488 e. The SMILES string of the molecule is CC1(C)CCc2cc(NC(=O)N3C[C@@H](c4ccccc4)C(c4ccc(OC(F)F)cc4)=N3)ccc2O1. The number of fused-ring (bicyclic) bond motifs is 1. The van der Waals surface area contributed by atoms with Crippen molar-refractivity contribution in [2.75, 3.05) is 11.9 Å². The minimum Gasteiger partial charge on any atom is -0.488 e. The van der Waals surface area contributed by atoms with Crippen LogP contribution in [0.15, 0.2) is 77.9 Å². The molecule has 2 aliphatic rings. The number of anilines is 1. The number of aryl methyl sites for hydroxylation is 1. The Bertz CT molecular complexity index is 1280. The highest BCUT2D eigenvalue weighted by Gasteiger charge is 2.33. The number of rotatable bonds is 5. The molecule has 6 nitrogen and oxygen atoms in total. The number of nitrogens with one attached hydrogen (secondary N) is 1. The van der Waals surface area contributed by atoms with Crippen LogP contribution in [0.2, 0.25) is 0 Å². The van der Waals surface area contributed by atoms with Crippen molar-refractivity contribution >= 4 is 17.4 Å². The van der Waals surface area contributed by atoms with Crippen molar-refractivity contribution in [1.29, 1.82) is 0 Å². The fraction of sp³-hybridized carbons (Fsp3) is 0.286. The number of hydrogen-bond acceptors (Lipinski definition) is 4. The zero-order valence-corrected chi connectivity index (χ0v) is 20.1. The predicted molar refractivity (Wildman–Crippen MR) is 134 cm³/mol. The molecular formula is C28H27F2N3O3. The molecule has 0 aromatic heterocycles.